The van der Waals surface area contributed by atoms with Crippen LogP contribution in [-0.2, 0) is 23.4 Å². The molecule has 1 rings (SSSR count). The van der Waals surface area contributed by atoms with Crippen molar-refractivity contribution in [1.82, 2.24) is 14.9 Å². The number of nitrogens with zero attached hydrogens (tertiary/aromatic N) is 2. The van der Waals surface area contributed by atoms with E-state index in [9.17, 15) is 4.79 Å². The molecule has 114 valence electrons. The maximum Gasteiger partial charge on any atom is 0.313 e. The monoisotopic (exact) mass is 321 g/mol. The Bertz CT molecular complexity index is 561. The molecule has 1 unspecified atom stereocenters. The van der Waals surface area contributed by atoms with Crippen LogP contribution in [0.25, 0.3) is 0 Å². The van der Waals surface area contributed by atoms with E-state index >= 15 is 0 Å². The van der Waals surface area contributed by atoms with E-state index in [1.165, 1.54) is 20.4 Å². The van der Waals surface area contributed by atoms with Crippen LogP contribution in [0.15, 0.2) is 11.0 Å². The molecule has 0 aliphatic rings. The van der Waals surface area contributed by atoms with Crippen molar-refractivity contribution in [1.29, 1.82) is 0 Å². The summed E-state index contributed by atoms with van der Waals surface area (Å²) in [5, 5.41) is 6.98. The van der Waals surface area contributed by atoms with Gasteiger partial charge < -0.3 is 13.8 Å². The largest absolute Gasteiger partial charge is 0.488 e. The van der Waals surface area contributed by atoms with Crippen LogP contribution in [0.3, 0.4) is 0 Å². The zero-order valence-corrected chi connectivity index (χ0v) is 14.0. The summed E-state index contributed by atoms with van der Waals surface area (Å²) in [7, 11) is 2.92. The first-order valence-corrected chi connectivity index (χ1v) is 8.79. The highest BCUT2D eigenvalue weighted by molar-refractivity contribution is 8.09. The van der Waals surface area contributed by atoms with Gasteiger partial charge in [0.25, 0.3) is 0 Å². The van der Waals surface area contributed by atoms with E-state index in [2.05, 4.69) is 10.2 Å². The first-order chi connectivity index (χ1) is 9.33. The molecule has 9 heteroatoms. The first kappa shape index (κ1) is 17.1. The number of aryl methyl sites for hydroxylation is 1. The quantitative estimate of drug-likeness (QED) is 0.761. The summed E-state index contributed by atoms with van der Waals surface area (Å²) in [6, 6.07) is 0.0814. The predicted octanol–water partition coefficient (Wildman–Crippen LogP) is 1.43. The molecule has 1 atom stereocenters. The fraction of sp³-hybridized carbons (Fsp3) is 0.636. The van der Waals surface area contributed by atoms with Crippen molar-refractivity contribution in [2.24, 2.45) is 7.05 Å². The lowest BCUT2D eigenvalue weighted by molar-refractivity contribution is 0.310. The molecule has 1 aromatic heterocycles. The van der Waals surface area contributed by atoms with E-state index in [0.717, 1.165) is 4.68 Å². The molecular weight excluding hydrogens is 301 g/mol. The Kier molecular flexibility index (Phi) is 6.13. The summed E-state index contributed by atoms with van der Waals surface area (Å²) in [4.78, 5) is 11.9. The van der Waals surface area contributed by atoms with Gasteiger partial charge in [-0.15, -0.1) is 0 Å². The van der Waals surface area contributed by atoms with Crippen LogP contribution in [0.5, 0.6) is 11.5 Å². The normalized spacial score (nSPS) is 14.1. The van der Waals surface area contributed by atoms with E-state index in [1.54, 1.807) is 0 Å². The lowest BCUT2D eigenvalue weighted by Crippen LogP contribution is -2.25. The Morgan fingerprint density at radius 3 is 2.70 bits per heavy atom. The highest BCUT2D eigenvalue weighted by Crippen LogP contribution is 2.46. The molecule has 0 spiro atoms. The van der Waals surface area contributed by atoms with Gasteiger partial charge in [-0.3, -0.25) is 4.79 Å². The van der Waals surface area contributed by atoms with Gasteiger partial charge in [0.1, 0.15) is 0 Å². The molecule has 0 aliphatic carbocycles. The Hall–Kier alpha value is -0.950. The van der Waals surface area contributed by atoms with E-state index in [1.807, 2.05) is 20.8 Å². The third-order valence-corrected chi connectivity index (χ3v) is 4.92. The second-order valence-corrected chi connectivity index (χ2v) is 7.40. The van der Waals surface area contributed by atoms with Gasteiger partial charge in [0, 0.05) is 13.1 Å². The average molecular weight is 321 g/mol. The summed E-state index contributed by atoms with van der Waals surface area (Å²) in [5.74, 6) is 0.238. The molecule has 0 saturated heterocycles. The fourth-order valence-electron chi connectivity index (χ4n) is 1.46. The minimum absolute atomic E-state index is 0.0574. The van der Waals surface area contributed by atoms with Crippen molar-refractivity contribution in [2.45, 2.75) is 26.8 Å². The zero-order chi connectivity index (χ0) is 15.3. The van der Waals surface area contributed by atoms with E-state index in [0.29, 0.717) is 6.61 Å². The topological polar surface area (TPSA) is 74.6 Å². The van der Waals surface area contributed by atoms with Gasteiger partial charge in [0.05, 0.1) is 19.9 Å². The molecule has 0 radical (unpaired) electrons. The Labute approximate surface area is 123 Å². The van der Waals surface area contributed by atoms with Gasteiger partial charge in [-0.1, -0.05) is 0 Å². The van der Waals surface area contributed by atoms with Gasteiger partial charge in [0.15, 0.2) is 5.75 Å². The van der Waals surface area contributed by atoms with E-state index < -0.39 is 12.2 Å². The van der Waals surface area contributed by atoms with Gasteiger partial charge in [0.2, 0.25) is 5.75 Å². The van der Waals surface area contributed by atoms with Crippen LogP contribution in [-0.4, -0.2) is 29.5 Å². The van der Waals surface area contributed by atoms with Gasteiger partial charge in [-0.05, 0) is 32.6 Å². The Morgan fingerprint density at radius 1 is 1.55 bits per heavy atom. The molecule has 20 heavy (non-hydrogen) atoms. The lowest BCUT2D eigenvalue weighted by Gasteiger charge is -2.25. The van der Waals surface area contributed by atoms with Crippen LogP contribution >= 0.6 is 6.64 Å². The maximum atomic E-state index is 11.9. The second kappa shape index (κ2) is 7.17. The van der Waals surface area contributed by atoms with Gasteiger partial charge in [-0.25, -0.2) is 9.77 Å². The Balaban J connectivity index is 3.15. The summed E-state index contributed by atoms with van der Waals surface area (Å²) in [6.45, 7) is 3.34. The number of nitrogens with one attached hydrogen (secondary N) is 1. The predicted molar refractivity (Wildman–Crippen MR) is 80.8 cm³/mol. The number of ether oxygens (including phenoxy) is 1. The molecular formula is C11H20N3O4PS. The summed E-state index contributed by atoms with van der Waals surface area (Å²) >= 11 is 5.41. The average Bonchev–Trinajstić information content (AvgIpc) is 2.33. The molecule has 1 aromatic rings. The third kappa shape index (κ3) is 4.28. The molecule has 0 bridgehead atoms. The fourth-order valence-corrected chi connectivity index (χ4v) is 4.19. The van der Waals surface area contributed by atoms with Crippen molar-refractivity contribution in [2.75, 3.05) is 13.7 Å². The minimum Gasteiger partial charge on any atom is -0.488 e. The highest BCUT2D eigenvalue weighted by atomic mass is 32.5. The van der Waals surface area contributed by atoms with Crippen molar-refractivity contribution in [3.8, 4) is 11.5 Å². The highest BCUT2D eigenvalue weighted by Gasteiger charge is 2.24. The second-order valence-electron chi connectivity index (χ2n) is 4.26. The van der Waals surface area contributed by atoms with Gasteiger partial charge >= 0.3 is 12.2 Å². The minimum atomic E-state index is -2.76. The van der Waals surface area contributed by atoms with Crippen LogP contribution < -0.4 is 19.9 Å². The van der Waals surface area contributed by atoms with E-state index in [4.69, 9.17) is 25.6 Å². The summed E-state index contributed by atoms with van der Waals surface area (Å²) in [6.07, 6.45) is 1.39. The summed E-state index contributed by atoms with van der Waals surface area (Å²) < 4.78 is 17.5. The van der Waals surface area contributed by atoms with Crippen molar-refractivity contribution in [3.63, 3.8) is 0 Å². The lowest BCUT2D eigenvalue weighted by atomic mass is 10.4. The third-order valence-electron chi connectivity index (χ3n) is 2.20. The standard InChI is InChI=1S/C11H20N3O4PS/c1-6-17-19(20,13-8(2)3)18-9-7-12-14(4)11(15)10(9)16-5/h7-8H,6H2,1-5H3,(H,13,20). The van der Waals surface area contributed by atoms with Crippen LogP contribution in [0.2, 0.25) is 0 Å². The molecule has 0 amide bonds. The van der Waals surface area contributed by atoms with Crippen molar-refractivity contribution < 1.29 is 13.8 Å². The first-order valence-electron chi connectivity index (χ1n) is 6.15. The van der Waals surface area contributed by atoms with Gasteiger partial charge in [-0.2, -0.15) is 5.10 Å². The molecule has 0 saturated carbocycles. The van der Waals surface area contributed by atoms with Crippen LogP contribution in [0.4, 0.5) is 0 Å². The smallest absolute Gasteiger partial charge is 0.313 e. The molecule has 0 aromatic carbocycles. The number of aromatic nitrogens is 2. The summed E-state index contributed by atoms with van der Waals surface area (Å²) in [5.41, 5.74) is -0.396. The number of hydrogen-bond acceptors (Lipinski definition) is 6. The van der Waals surface area contributed by atoms with Crippen molar-refractivity contribution in [3.05, 3.63) is 16.6 Å². The molecule has 7 nitrogen and oxygen atoms in total. The molecule has 0 aliphatic heterocycles. The maximum absolute atomic E-state index is 11.9. The number of methoxy groups -OCH3 is 1. The van der Waals surface area contributed by atoms with Crippen molar-refractivity contribution >= 4 is 18.4 Å². The van der Waals surface area contributed by atoms with E-state index in [-0.39, 0.29) is 17.5 Å². The number of rotatable bonds is 7. The zero-order valence-electron chi connectivity index (χ0n) is 12.2. The molecule has 1 N–H and O–H groups in total. The molecule has 1 heterocycles. The Morgan fingerprint density at radius 2 is 2.20 bits per heavy atom. The van der Waals surface area contributed by atoms with Crippen LogP contribution in [0, 0.1) is 0 Å². The number of hydrogen-bond donors (Lipinski definition) is 1. The SMILES string of the molecule is CCOP(=S)(NC(C)C)Oc1cnn(C)c(=O)c1OC. The molecule has 0 fully saturated rings. The van der Waals surface area contributed by atoms with Crippen LogP contribution in [0.1, 0.15) is 20.8 Å².